The zero-order valence-corrected chi connectivity index (χ0v) is 12.8. The van der Waals surface area contributed by atoms with Crippen molar-refractivity contribution >= 4 is 27.0 Å². The summed E-state index contributed by atoms with van der Waals surface area (Å²) in [7, 11) is 0. The highest BCUT2D eigenvalue weighted by molar-refractivity contribution is 9.10. The van der Waals surface area contributed by atoms with Crippen molar-refractivity contribution in [2.75, 3.05) is 0 Å². The maximum atomic E-state index is 14.1. The number of hydrogen-bond acceptors (Lipinski definition) is 2. The van der Waals surface area contributed by atoms with Crippen molar-refractivity contribution < 1.29 is 4.39 Å². The average molecular weight is 350 g/mol. The highest BCUT2D eigenvalue weighted by Gasteiger charge is 2.17. The average Bonchev–Trinajstić information content (AvgIpc) is 2.76. The largest absolute Gasteiger partial charge is 0.323 e. The standard InChI is InChI=1S/C15H13BrFN3O/c1-7-2-3-8(11(17)4-7)14(18)9-5-12-13(6-10(9)16)20-15(21)19-12/h2-6,14H,18H2,1H3,(H2,19,20,21). The molecule has 4 N–H and O–H groups in total. The minimum atomic E-state index is -0.622. The van der Waals surface area contributed by atoms with Gasteiger partial charge in [-0.3, -0.25) is 0 Å². The molecule has 3 rings (SSSR count). The molecule has 1 aromatic heterocycles. The molecule has 0 aliphatic heterocycles. The van der Waals surface area contributed by atoms with E-state index in [-0.39, 0.29) is 11.5 Å². The second kappa shape index (κ2) is 5.13. The van der Waals surface area contributed by atoms with E-state index in [2.05, 4.69) is 25.9 Å². The molecule has 1 unspecified atom stereocenters. The lowest BCUT2D eigenvalue weighted by Crippen LogP contribution is -2.14. The molecule has 21 heavy (non-hydrogen) atoms. The Balaban J connectivity index is 2.14. The first-order chi connectivity index (χ1) is 9.95. The van der Waals surface area contributed by atoms with Gasteiger partial charge >= 0.3 is 5.69 Å². The number of H-pyrrole nitrogens is 2. The minimum Gasteiger partial charge on any atom is -0.320 e. The number of aromatic nitrogens is 2. The number of nitrogens with one attached hydrogen (secondary N) is 2. The van der Waals surface area contributed by atoms with Crippen LogP contribution in [-0.4, -0.2) is 9.97 Å². The maximum Gasteiger partial charge on any atom is 0.323 e. The van der Waals surface area contributed by atoms with Gasteiger partial charge < -0.3 is 15.7 Å². The van der Waals surface area contributed by atoms with E-state index in [9.17, 15) is 9.18 Å². The molecular weight excluding hydrogens is 337 g/mol. The van der Waals surface area contributed by atoms with Crippen LogP contribution in [0.25, 0.3) is 11.0 Å². The summed E-state index contributed by atoms with van der Waals surface area (Å²) >= 11 is 3.43. The Morgan fingerprint density at radius 2 is 1.81 bits per heavy atom. The number of fused-ring (bicyclic) bond motifs is 1. The predicted octanol–water partition coefficient (Wildman–Crippen LogP) is 3.11. The number of aryl methyl sites for hydroxylation is 1. The smallest absolute Gasteiger partial charge is 0.320 e. The maximum absolute atomic E-state index is 14.1. The SMILES string of the molecule is Cc1ccc(C(N)c2cc3[nH]c(=O)[nH]c3cc2Br)c(F)c1. The first kappa shape index (κ1) is 14.0. The van der Waals surface area contributed by atoms with Crippen LogP contribution in [0.15, 0.2) is 39.6 Å². The number of hydrogen-bond donors (Lipinski definition) is 3. The van der Waals surface area contributed by atoms with Gasteiger partial charge in [-0.1, -0.05) is 28.1 Å². The molecule has 0 bridgehead atoms. The molecule has 0 radical (unpaired) electrons. The second-order valence-corrected chi connectivity index (χ2v) is 5.86. The third kappa shape index (κ3) is 2.52. The molecule has 0 aliphatic carbocycles. The fourth-order valence-corrected chi connectivity index (χ4v) is 2.95. The molecule has 3 aromatic rings. The third-order valence-corrected chi connectivity index (χ3v) is 4.15. The summed E-state index contributed by atoms with van der Waals surface area (Å²) in [5.41, 5.74) is 9.18. The Morgan fingerprint density at radius 3 is 2.48 bits per heavy atom. The number of halogens is 2. The third-order valence-electron chi connectivity index (χ3n) is 3.46. The molecule has 0 amide bonds. The van der Waals surface area contributed by atoms with E-state index in [1.54, 1.807) is 18.2 Å². The molecule has 0 fully saturated rings. The predicted molar refractivity (Wildman–Crippen MR) is 83.8 cm³/mol. The van der Waals surface area contributed by atoms with Gasteiger partial charge in [0.15, 0.2) is 0 Å². The molecule has 0 saturated carbocycles. The Kier molecular flexibility index (Phi) is 3.43. The quantitative estimate of drug-likeness (QED) is 0.664. The van der Waals surface area contributed by atoms with Crippen molar-refractivity contribution in [2.24, 2.45) is 5.73 Å². The normalized spacial score (nSPS) is 12.8. The van der Waals surface area contributed by atoms with Crippen molar-refractivity contribution in [3.63, 3.8) is 0 Å². The van der Waals surface area contributed by atoms with Crippen LogP contribution in [0.4, 0.5) is 4.39 Å². The van der Waals surface area contributed by atoms with Gasteiger partial charge in [0.25, 0.3) is 0 Å². The van der Waals surface area contributed by atoms with Gasteiger partial charge in [0.05, 0.1) is 17.1 Å². The van der Waals surface area contributed by atoms with Crippen LogP contribution in [0.1, 0.15) is 22.7 Å². The van der Waals surface area contributed by atoms with Crippen LogP contribution < -0.4 is 11.4 Å². The summed E-state index contributed by atoms with van der Waals surface area (Å²) in [6.45, 7) is 1.82. The molecule has 0 saturated heterocycles. The lowest BCUT2D eigenvalue weighted by atomic mass is 9.98. The number of aromatic amines is 2. The lowest BCUT2D eigenvalue weighted by Gasteiger charge is -2.16. The number of rotatable bonds is 2. The first-order valence-electron chi connectivity index (χ1n) is 6.39. The molecule has 4 nitrogen and oxygen atoms in total. The van der Waals surface area contributed by atoms with Gasteiger partial charge in [-0.25, -0.2) is 9.18 Å². The van der Waals surface area contributed by atoms with E-state index >= 15 is 0 Å². The van der Waals surface area contributed by atoms with Gasteiger partial charge in [0.2, 0.25) is 0 Å². The van der Waals surface area contributed by atoms with Crippen molar-refractivity contribution in [1.82, 2.24) is 9.97 Å². The summed E-state index contributed by atoms with van der Waals surface area (Å²) < 4.78 is 14.8. The fourth-order valence-electron chi connectivity index (χ4n) is 2.36. The van der Waals surface area contributed by atoms with Gasteiger partial charge in [-0.2, -0.15) is 0 Å². The van der Waals surface area contributed by atoms with Crippen LogP contribution in [0, 0.1) is 12.7 Å². The molecule has 0 spiro atoms. The van der Waals surface area contributed by atoms with E-state index in [4.69, 9.17) is 5.73 Å². The van der Waals surface area contributed by atoms with Gasteiger partial charge in [0, 0.05) is 10.0 Å². The number of benzene rings is 2. The minimum absolute atomic E-state index is 0.288. The lowest BCUT2D eigenvalue weighted by molar-refractivity contribution is 0.598. The van der Waals surface area contributed by atoms with Crippen LogP contribution in [-0.2, 0) is 0 Å². The first-order valence-corrected chi connectivity index (χ1v) is 7.18. The zero-order valence-electron chi connectivity index (χ0n) is 11.2. The van der Waals surface area contributed by atoms with E-state index in [0.717, 1.165) is 10.0 Å². The summed E-state index contributed by atoms with van der Waals surface area (Å²) in [6.07, 6.45) is 0. The van der Waals surface area contributed by atoms with E-state index < -0.39 is 6.04 Å². The fraction of sp³-hybridized carbons (Fsp3) is 0.133. The van der Waals surface area contributed by atoms with Gasteiger partial charge in [-0.15, -0.1) is 0 Å². The Labute approximate surface area is 128 Å². The van der Waals surface area contributed by atoms with Crippen molar-refractivity contribution in [3.8, 4) is 0 Å². The number of imidazole rings is 1. The van der Waals surface area contributed by atoms with Crippen LogP contribution in [0.2, 0.25) is 0 Å². The van der Waals surface area contributed by atoms with Crippen LogP contribution in [0.5, 0.6) is 0 Å². The Hall–Kier alpha value is -1.92. The molecular formula is C15H13BrFN3O. The number of nitrogens with two attached hydrogens (primary N) is 1. The van der Waals surface area contributed by atoms with E-state index in [1.165, 1.54) is 6.07 Å². The molecule has 1 heterocycles. The van der Waals surface area contributed by atoms with Gasteiger partial charge in [-0.05, 0) is 36.2 Å². The van der Waals surface area contributed by atoms with Crippen molar-refractivity contribution in [2.45, 2.75) is 13.0 Å². The van der Waals surface area contributed by atoms with E-state index in [1.807, 2.05) is 13.0 Å². The Morgan fingerprint density at radius 1 is 1.14 bits per heavy atom. The Bertz CT molecular complexity index is 884. The van der Waals surface area contributed by atoms with E-state index in [0.29, 0.717) is 22.2 Å². The topological polar surface area (TPSA) is 74.7 Å². The summed E-state index contributed by atoms with van der Waals surface area (Å²) in [5, 5.41) is 0. The highest BCUT2D eigenvalue weighted by Crippen LogP contribution is 2.31. The monoisotopic (exact) mass is 349 g/mol. The van der Waals surface area contributed by atoms with Crippen molar-refractivity contribution in [3.05, 3.63) is 67.8 Å². The summed E-state index contributed by atoms with van der Waals surface area (Å²) in [5.74, 6) is -0.336. The summed E-state index contributed by atoms with van der Waals surface area (Å²) in [4.78, 5) is 16.7. The molecule has 2 aromatic carbocycles. The highest BCUT2D eigenvalue weighted by atomic mass is 79.9. The molecule has 0 aliphatic rings. The van der Waals surface area contributed by atoms with Crippen molar-refractivity contribution in [1.29, 1.82) is 0 Å². The molecule has 6 heteroatoms. The second-order valence-electron chi connectivity index (χ2n) is 5.00. The van der Waals surface area contributed by atoms with Crippen LogP contribution >= 0.6 is 15.9 Å². The molecule has 108 valence electrons. The summed E-state index contributed by atoms with van der Waals surface area (Å²) in [6, 6.07) is 7.85. The van der Waals surface area contributed by atoms with Crippen LogP contribution in [0.3, 0.4) is 0 Å². The zero-order chi connectivity index (χ0) is 15.1. The molecule has 1 atom stereocenters. The van der Waals surface area contributed by atoms with Gasteiger partial charge in [0.1, 0.15) is 5.82 Å².